The molecule has 178 valence electrons. The molecule has 1 aromatic carbocycles. The van der Waals surface area contributed by atoms with Crippen LogP contribution in [0.25, 0.3) is 0 Å². The molecule has 1 spiro atoms. The molecule has 0 aromatic heterocycles. The number of fused-ring (bicyclic) bond motifs is 1. The maximum Gasteiger partial charge on any atom is 0.344 e. The highest BCUT2D eigenvalue weighted by atomic mass is 16.6. The summed E-state index contributed by atoms with van der Waals surface area (Å²) in [6.45, 7) is 4.94. The Balaban J connectivity index is 1.86. The summed E-state index contributed by atoms with van der Waals surface area (Å²) in [4.78, 5) is 30.2. The van der Waals surface area contributed by atoms with Gasteiger partial charge in [0, 0.05) is 49.1 Å². The molecule has 1 saturated carbocycles. The van der Waals surface area contributed by atoms with Crippen molar-refractivity contribution < 1.29 is 28.9 Å². The summed E-state index contributed by atoms with van der Waals surface area (Å²) in [6, 6.07) is 5.22. The van der Waals surface area contributed by atoms with E-state index in [1.54, 1.807) is 7.11 Å². The minimum atomic E-state index is -2.08. The molecule has 4 aliphatic rings. The Morgan fingerprint density at radius 2 is 2.00 bits per heavy atom. The number of ether oxygens (including phenoxy) is 3. The first-order chi connectivity index (χ1) is 15.7. The smallest absolute Gasteiger partial charge is 0.344 e. The molecule has 1 unspecified atom stereocenters. The van der Waals surface area contributed by atoms with Crippen molar-refractivity contribution in [3.8, 4) is 5.75 Å². The first kappa shape index (κ1) is 22.2. The van der Waals surface area contributed by atoms with Crippen LogP contribution in [0.5, 0.6) is 5.75 Å². The lowest BCUT2D eigenvalue weighted by Crippen LogP contribution is -2.81. The van der Waals surface area contributed by atoms with Gasteiger partial charge in [-0.2, -0.15) is 0 Å². The second-order valence-corrected chi connectivity index (χ2v) is 9.76. The summed E-state index contributed by atoms with van der Waals surface area (Å²) >= 11 is 0. The molecule has 8 nitrogen and oxygen atoms in total. The first-order valence-corrected chi connectivity index (χ1v) is 11.5. The van der Waals surface area contributed by atoms with Crippen molar-refractivity contribution in [3.63, 3.8) is 0 Å². The normalized spacial score (nSPS) is 38.4. The van der Waals surface area contributed by atoms with Crippen LogP contribution in [0.2, 0.25) is 0 Å². The zero-order chi connectivity index (χ0) is 23.8. The van der Waals surface area contributed by atoms with Crippen LogP contribution in [-0.4, -0.2) is 80.1 Å². The summed E-state index contributed by atoms with van der Waals surface area (Å²) < 4.78 is 16.6. The topological polar surface area (TPSA) is 88.5 Å². The molecule has 8 heteroatoms. The second kappa shape index (κ2) is 7.21. The van der Waals surface area contributed by atoms with Gasteiger partial charge in [-0.25, -0.2) is 4.79 Å². The minimum Gasteiger partial charge on any atom is -0.497 e. The van der Waals surface area contributed by atoms with E-state index in [2.05, 4.69) is 23.1 Å². The van der Waals surface area contributed by atoms with E-state index in [4.69, 9.17) is 14.2 Å². The Morgan fingerprint density at radius 1 is 1.24 bits per heavy atom. The van der Waals surface area contributed by atoms with Crippen molar-refractivity contribution in [1.29, 1.82) is 0 Å². The number of aliphatic hydroxyl groups is 1. The van der Waals surface area contributed by atoms with Crippen molar-refractivity contribution in [2.75, 3.05) is 39.3 Å². The molecule has 6 atom stereocenters. The zero-order valence-electron chi connectivity index (χ0n) is 19.8. The number of carbonyl (C=O) groups is 2. The lowest BCUT2D eigenvalue weighted by molar-refractivity contribution is -0.228. The summed E-state index contributed by atoms with van der Waals surface area (Å²) in [5.74, 6) is -0.617. The van der Waals surface area contributed by atoms with E-state index in [-0.39, 0.29) is 6.04 Å². The van der Waals surface area contributed by atoms with E-state index in [0.717, 1.165) is 30.8 Å². The van der Waals surface area contributed by atoms with Crippen LogP contribution >= 0.6 is 0 Å². The Bertz CT molecular complexity index is 1040. The van der Waals surface area contributed by atoms with E-state index in [1.807, 2.05) is 31.0 Å². The van der Waals surface area contributed by atoms with Gasteiger partial charge < -0.3 is 24.2 Å². The zero-order valence-corrected chi connectivity index (χ0v) is 19.8. The third kappa shape index (κ3) is 2.48. The third-order valence-corrected chi connectivity index (χ3v) is 8.62. The third-order valence-electron chi connectivity index (χ3n) is 8.62. The number of likely N-dealkylation sites (N-methyl/N-ethyl adjacent to an activating group) is 1. The molecular formula is C25H32N2O6. The quantitative estimate of drug-likeness (QED) is 0.541. The molecule has 33 heavy (non-hydrogen) atoms. The SMILES string of the molecule is CC[C@]12C=CCN3CC[C@@]4(c5ccc(OC)cc5N(C)[C@H]4C(O)(C(=O)OC)[C@@H]1OC(C)=O)[C@@H]32. The number of methoxy groups -OCH3 is 2. The van der Waals surface area contributed by atoms with E-state index in [9.17, 15) is 14.7 Å². The van der Waals surface area contributed by atoms with Crippen molar-refractivity contribution in [3.05, 3.63) is 35.9 Å². The standard InChI is InChI=1S/C25H32N2O6/c1-6-23-10-7-12-27-13-11-24(19(23)27)17-9-8-16(31-4)14-18(17)26(3)20(24)25(30,22(29)32-5)21(23)33-15(2)28/h7-10,14,19-21,30H,6,11-13H2,1-5H3/t19-,20+,21+,23+,24+,25?/m0/s1. The van der Waals surface area contributed by atoms with E-state index in [0.29, 0.717) is 12.2 Å². The fourth-order valence-corrected chi connectivity index (χ4v) is 7.68. The summed E-state index contributed by atoms with van der Waals surface area (Å²) in [7, 11) is 4.77. The first-order valence-electron chi connectivity index (χ1n) is 11.5. The van der Waals surface area contributed by atoms with Crippen molar-refractivity contribution in [2.45, 2.75) is 55.9 Å². The summed E-state index contributed by atoms with van der Waals surface area (Å²) in [5.41, 5.74) is -1.41. The largest absolute Gasteiger partial charge is 0.497 e. The highest BCUT2D eigenvalue weighted by Crippen LogP contribution is 2.67. The summed E-state index contributed by atoms with van der Waals surface area (Å²) in [5, 5.41) is 12.5. The summed E-state index contributed by atoms with van der Waals surface area (Å²) in [6.07, 6.45) is 4.40. The van der Waals surface area contributed by atoms with Crippen LogP contribution in [0, 0.1) is 5.41 Å². The van der Waals surface area contributed by atoms with Crippen molar-refractivity contribution in [2.24, 2.45) is 5.41 Å². The van der Waals surface area contributed by atoms with E-state index >= 15 is 0 Å². The van der Waals surface area contributed by atoms with Gasteiger partial charge in [-0.15, -0.1) is 0 Å². The minimum absolute atomic E-state index is 0.0589. The van der Waals surface area contributed by atoms with Gasteiger partial charge >= 0.3 is 11.9 Å². The molecule has 0 amide bonds. The maximum atomic E-state index is 13.5. The molecular weight excluding hydrogens is 424 g/mol. The van der Waals surface area contributed by atoms with Crippen LogP contribution in [0.1, 0.15) is 32.3 Å². The predicted molar refractivity (Wildman–Crippen MR) is 121 cm³/mol. The Morgan fingerprint density at radius 3 is 2.64 bits per heavy atom. The van der Waals surface area contributed by atoms with Gasteiger partial charge in [-0.05, 0) is 31.0 Å². The number of hydrogen-bond acceptors (Lipinski definition) is 8. The highest BCUT2D eigenvalue weighted by Gasteiger charge is 2.80. The Hall–Kier alpha value is -2.58. The molecule has 5 rings (SSSR count). The maximum absolute atomic E-state index is 13.5. The van der Waals surface area contributed by atoms with Crippen LogP contribution in [-0.2, 0) is 24.5 Å². The monoisotopic (exact) mass is 456 g/mol. The molecule has 0 bridgehead atoms. The number of rotatable bonds is 4. The molecule has 1 saturated heterocycles. The fraction of sp³-hybridized carbons (Fsp3) is 0.600. The van der Waals surface area contributed by atoms with Crippen LogP contribution in [0.4, 0.5) is 5.69 Å². The molecule has 1 aromatic rings. The molecule has 2 fully saturated rings. The van der Waals surface area contributed by atoms with Crippen LogP contribution in [0.3, 0.4) is 0 Å². The Kier molecular flexibility index (Phi) is 4.85. The average molecular weight is 457 g/mol. The fourth-order valence-electron chi connectivity index (χ4n) is 7.68. The number of esters is 2. The molecule has 1 N–H and O–H groups in total. The lowest BCUT2D eigenvalue weighted by Gasteiger charge is -2.63. The molecule has 3 heterocycles. The average Bonchev–Trinajstić information content (AvgIpc) is 3.32. The number of benzene rings is 1. The molecule has 1 aliphatic carbocycles. The highest BCUT2D eigenvalue weighted by molar-refractivity contribution is 5.87. The van der Waals surface area contributed by atoms with Gasteiger partial charge in [0.05, 0.1) is 20.3 Å². The van der Waals surface area contributed by atoms with Crippen molar-refractivity contribution >= 4 is 17.6 Å². The van der Waals surface area contributed by atoms with Gasteiger partial charge in [0.15, 0.2) is 6.10 Å². The Labute approximate surface area is 194 Å². The number of carbonyl (C=O) groups excluding carboxylic acids is 2. The number of hydrogen-bond donors (Lipinski definition) is 1. The van der Waals surface area contributed by atoms with Crippen LogP contribution in [0.15, 0.2) is 30.4 Å². The van der Waals surface area contributed by atoms with Gasteiger partial charge in [0.1, 0.15) is 5.75 Å². The van der Waals surface area contributed by atoms with Gasteiger partial charge in [0.25, 0.3) is 0 Å². The lowest BCUT2D eigenvalue weighted by atomic mass is 9.47. The van der Waals surface area contributed by atoms with Crippen molar-refractivity contribution in [1.82, 2.24) is 4.90 Å². The van der Waals surface area contributed by atoms with E-state index in [1.165, 1.54) is 14.0 Å². The number of anilines is 1. The second-order valence-electron chi connectivity index (χ2n) is 9.76. The molecule has 3 aliphatic heterocycles. The number of nitrogens with zero attached hydrogens (tertiary/aromatic N) is 2. The predicted octanol–water partition coefficient (Wildman–Crippen LogP) is 1.64. The van der Waals surface area contributed by atoms with Crippen LogP contribution < -0.4 is 9.64 Å². The van der Waals surface area contributed by atoms with Gasteiger partial charge in [-0.1, -0.05) is 25.1 Å². The van der Waals surface area contributed by atoms with Gasteiger partial charge in [0.2, 0.25) is 5.60 Å². The van der Waals surface area contributed by atoms with E-state index < -0.39 is 40.5 Å². The molecule has 0 radical (unpaired) electrons. The van der Waals surface area contributed by atoms with Gasteiger partial charge in [-0.3, -0.25) is 9.69 Å².